The van der Waals surface area contributed by atoms with Crippen molar-refractivity contribution in [2.45, 2.75) is 26.8 Å². The van der Waals surface area contributed by atoms with Gasteiger partial charge in [0.15, 0.2) is 0 Å². The zero-order valence-electron chi connectivity index (χ0n) is 10.4. The first kappa shape index (κ1) is 11.9. The molecule has 1 atom stereocenters. The number of nitrogens with zero attached hydrogens (tertiary/aromatic N) is 1. The molecule has 0 amide bonds. The van der Waals surface area contributed by atoms with Gasteiger partial charge in [0.2, 0.25) is 0 Å². The predicted octanol–water partition coefficient (Wildman–Crippen LogP) is 3.21. The van der Waals surface area contributed by atoms with Crippen molar-refractivity contribution < 1.29 is 0 Å². The second kappa shape index (κ2) is 5.06. The minimum atomic E-state index is 0.509. The SMILES string of the molecule is CC(C)[C@H](C)Nc1ccc(N(C)C)cc1. The maximum absolute atomic E-state index is 3.49. The van der Waals surface area contributed by atoms with E-state index in [0.29, 0.717) is 12.0 Å². The molecule has 0 aliphatic heterocycles. The molecule has 15 heavy (non-hydrogen) atoms. The molecule has 1 rings (SSSR count). The van der Waals surface area contributed by atoms with Crippen molar-refractivity contribution in [2.75, 3.05) is 24.3 Å². The van der Waals surface area contributed by atoms with Crippen LogP contribution in [0.3, 0.4) is 0 Å². The number of hydrogen-bond acceptors (Lipinski definition) is 2. The van der Waals surface area contributed by atoms with E-state index in [2.05, 4.69) is 69.3 Å². The highest BCUT2D eigenvalue weighted by atomic mass is 15.1. The van der Waals surface area contributed by atoms with E-state index < -0.39 is 0 Å². The fraction of sp³-hybridized carbons (Fsp3) is 0.538. The Hall–Kier alpha value is -1.18. The Morgan fingerprint density at radius 3 is 1.93 bits per heavy atom. The normalized spacial score (nSPS) is 12.7. The van der Waals surface area contributed by atoms with E-state index in [4.69, 9.17) is 0 Å². The Kier molecular flexibility index (Phi) is 4.01. The van der Waals surface area contributed by atoms with Crippen molar-refractivity contribution in [2.24, 2.45) is 5.92 Å². The molecule has 0 aliphatic rings. The summed E-state index contributed by atoms with van der Waals surface area (Å²) in [7, 11) is 4.11. The summed E-state index contributed by atoms with van der Waals surface area (Å²) in [6, 6.07) is 9.04. The van der Waals surface area contributed by atoms with E-state index >= 15 is 0 Å². The van der Waals surface area contributed by atoms with Crippen molar-refractivity contribution in [3.8, 4) is 0 Å². The minimum Gasteiger partial charge on any atom is -0.382 e. The summed E-state index contributed by atoms with van der Waals surface area (Å²) >= 11 is 0. The molecule has 1 aromatic carbocycles. The molecule has 0 heterocycles. The highest BCUT2D eigenvalue weighted by molar-refractivity contribution is 5.54. The molecule has 0 spiro atoms. The predicted molar refractivity (Wildman–Crippen MR) is 68.7 cm³/mol. The quantitative estimate of drug-likeness (QED) is 0.813. The van der Waals surface area contributed by atoms with Gasteiger partial charge in [-0.1, -0.05) is 13.8 Å². The first-order valence-corrected chi connectivity index (χ1v) is 5.54. The highest BCUT2D eigenvalue weighted by Gasteiger charge is 2.06. The summed E-state index contributed by atoms with van der Waals surface area (Å²) in [5.74, 6) is 0.651. The molecule has 2 heteroatoms. The van der Waals surface area contributed by atoms with E-state index in [1.165, 1.54) is 11.4 Å². The van der Waals surface area contributed by atoms with Gasteiger partial charge in [0.1, 0.15) is 0 Å². The number of anilines is 2. The molecule has 84 valence electrons. The van der Waals surface area contributed by atoms with Crippen LogP contribution in [-0.2, 0) is 0 Å². The van der Waals surface area contributed by atoms with Gasteiger partial charge in [-0.3, -0.25) is 0 Å². The largest absolute Gasteiger partial charge is 0.382 e. The number of benzene rings is 1. The molecule has 0 fully saturated rings. The molecule has 1 N–H and O–H groups in total. The van der Waals surface area contributed by atoms with E-state index in [9.17, 15) is 0 Å². The Morgan fingerprint density at radius 1 is 1.00 bits per heavy atom. The molecular weight excluding hydrogens is 184 g/mol. The third kappa shape index (κ3) is 3.46. The standard InChI is InChI=1S/C13H22N2/c1-10(2)11(3)14-12-6-8-13(9-7-12)15(4)5/h6-11,14H,1-5H3/t11-/m0/s1. The maximum Gasteiger partial charge on any atom is 0.0362 e. The van der Waals surface area contributed by atoms with E-state index in [-0.39, 0.29) is 0 Å². The van der Waals surface area contributed by atoms with Crippen LogP contribution >= 0.6 is 0 Å². The molecular formula is C13H22N2. The van der Waals surface area contributed by atoms with Crippen molar-refractivity contribution in [1.82, 2.24) is 0 Å². The molecule has 0 unspecified atom stereocenters. The van der Waals surface area contributed by atoms with Gasteiger partial charge < -0.3 is 10.2 Å². The molecule has 0 bridgehead atoms. The average molecular weight is 206 g/mol. The van der Waals surface area contributed by atoms with Gasteiger partial charge in [-0.05, 0) is 37.1 Å². The van der Waals surface area contributed by atoms with Crippen LogP contribution in [-0.4, -0.2) is 20.1 Å². The van der Waals surface area contributed by atoms with Crippen LogP contribution < -0.4 is 10.2 Å². The van der Waals surface area contributed by atoms with Crippen molar-refractivity contribution in [1.29, 1.82) is 0 Å². The number of rotatable bonds is 4. The van der Waals surface area contributed by atoms with Crippen LogP contribution in [0, 0.1) is 5.92 Å². The van der Waals surface area contributed by atoms with Gasteiger partial charge in [0.25, 0.3) is 0 Å². The minimum absolute atomic E-state index is 0.509. The summed E-state index contributed by atoms with van der Waals surface area (Å²) in [4.78, 5) is 2.11. The van der Waals surface area contributed by atoms with Gasteiger partial charge in [-0.15, -0.1) is 0 Å². The lowest BCUT2D eigenvalue weighted by atomic mass is 10.1. The monoisotopic (exact) mass is 206 g/mol. The van der Waals surface area contributed by atoms with Gasteiger partial charge in [0, 0.05) is 31.5 Å². The van der Waals surface area contributed by atoms with Crippen LogP contribution in [0.15, 0.2) is 24.3 Å². The van der Waals surface area contributed by atoms with Crippen LogP contribution in [0.25, 0.3) is 0 Å². The first-order valence-electron chi connectivity index (χ1n) is 5.54. The molecule has 0 aliphatic carbocycles. The van der Waals surface area contributed by atoms with Gasteiger partial charge in [0.05, 0.1) is 0 Å². The molecule has 0 saturated heterocycles. The van der Waals surface area contributed by atoms with Crippen LogP contribution in [0.5, 0.6) is 0 Å². The number of nitrogens with one attached hydrogen (secondary N) is 1. The Balaban J connectivity index is 2.64. The van der Waals surface area contributed by atoms with Gasteiger partial charge in [-0.2, -0.15) is 0 Å². The Labute approximate surface area is 93.3 Å². The average Bonchev–Trinajstić information content (AvgIpc) is 2.18. The molecule has 0 radical (unpaired) electrons. The first-order chi connectivity index (χ1) is 7.00. The summed E-state index contributed by atoms with van der Waals surface area (Å²) in [6.07, 6.45) is 0. The smallest absolute Gasteiger partial charge is 0.0362 e. The topological polar surface area (TPSA) is 15.3 Å². The third-order valence-electron chi connectivity index (χ3n) is 2.78. The highest BCUT2D eigenvalue weighted by Crippen LogP contribution is 2.17. The fourth-order valence-electron chi connectivity index (χ4n) is 1.29. The fourth-order valence-corrected chi connectivity index (χ4v) is 1.29. The number of hydrogen-bond donors (Lipinski definition) is 1. The van der Waals surface area contributed by atoms with Gasteiger partial charge >= 0.3 is 0 Å². The molecule has 0 aromatic heterocycles. The van der Waals surface area contributed by atoms with E-state index in [1.807, 2.05) is 0 Å². The molecule has 1 aromatic rings. The lowest BCUT2D eigenvalue weighted by Gasteiger charge is -2.19. The van der Waals surface area contributed by atoms with Crippen molar-refractivity contribution >= 4 is 11.4 Å². The lowest BCUT2D eigenvalue weighted by Crippen LogP contribution is -2.21. The van der Waals surface area contributed by atoms with Crippen LogP contribution in [0.4, 0.5) is 11.4 Å². The zero-order valence-corrected chi connectivity index (χ0v) is 10.4. The lowest BCUT2D eigenvalue weighted by molar-refractivity contribution is 0.560. The summed E-state index contributed by atoms with van der Waals surface area (Å²) in [5, 5.41) is 3.49. The van der Waals surface area contributed by atoms with Crippen LogP contribution in [0.1, 0.15) is 20.8 Å². The summed E-state index contributed by atoms with van der Waals surface area (Å²) in [5.41, 5.74) is 2.43. The van der Waals surface area contributed by atoms with E-state index in [1.54, 1.807) is 0 Å². The third-order valence-corrected chi connectivity index (χ3v) is 2.78. The van der Waals surface area contributed by atoms with Crippen molar-refractivity contribution in [3.05, 3.63) is 24.3 Å². The second-order valence-electron chi connectivity index (χ2n) is 4.62. The summed E-state index contributed by atoms with van der Waals surface area (Å²) < 4.78 is 0. The second-order valence-corrected chi connectivity index (χ2v) is 4.62. The van der Waals surface area contributed by atoms with E-state index in [0.717, 1.165) is 0 Å². The van der Waals surface area contributed by atoms with Gasteiger partial charge in [-0.25, -0.2) is 0 Å². The molecule has 0 saturated carbocycles. The Morgan fingerprint density at radius 2 is 1.53 bits per heavy atom. The Bertz CT molecular complexity index is 288. The summed E-state index contributed by atoms with van der Waals surface area (Å²) in [6.45, 7) is 6.67. The van der Waals surface area contributed by atoms with Crippen molar-refractivity contribution in [3.63, 3.8) is 0 Å². The van der Waals surface area contributed by atoms with Crippen LogP contribution in [0.2, 0.25) is 0 Å². The maximum atomic E-state index is 3.49. The molecule has 2 nitrogen and oxygen atoms in total. The zero-order chi connectivity index (χ0) is 11.4.